The fourth-order valence-corrected chi connectivity index (χ4v) is 3.74. The summed E-state index contributed by atoms with van der Waals surface area (Å²) in [5, 5.41) is 11.4. The molecule has 16 heavy (non-hydrogen) atoms. The fraction of sp³-hybridized carbons (Fsp3) is 0.400. The smallest absolute Gasteiger partial charge is 0.191 e. The Morgan fingerprint density at radius 1 is 1.56 bits per heavy atom. The van der Waals surface area contributed by atoms with Crippen molar-refractivity contribution in [3.63, 3.8) is 0 Å². The molecule has 1 fully saturated rings. The van der Waals surface area contributed by atoms with Gasteiger partial charge in [-0.2, -0.15) is 0 Å². The lowest BCUT2D eigenvalue weighted by molar-refractivity contribution is 0.663. The van der Waals surface area contributed by atoms with Crippen molar-refractivity contribution in [2.45, 2.75) is 29.8 Å². The van der Waals surface area contributed by atoms with Gasteiger partial charge in [-0.05, 0) is 45.8 Å². The van der Waals surface area contributed by atoms with Crippen LogP contribution in [0.15, 0.2) is 26.7 Å². The number of nitrogens with zero attached hydrogens (tertiary/aromatic N) is 3. The maximum Gasteiger partial charge on any atom is 0.191 e. The Morgan fingerprint density at radius 2 is 2.44 bits per heavy atom. The van der Waals surface area contributed by atoms with Crippen LogP contribution in [0.2, 0.25) is 0 Å². The van der Waals surface area contributed by atoms with Gasteiger partial charge in [0, 0.05) is 11.8 Å². The molecule has 0 aromatic carbocycles. The number of rotatable bonds is 4. The molecule has 1 aliphatic rings. The molecule has 84 valence electrons. The lowest BCUT2D eigenvalue weighted by atomic mass is 10.4. The molecular weight excluding hydrogens is 306 g/mol. The zero-order chi connectivity index (χ0) is 11.0. The van der Waals surface area contributed by atoms with E-state index in [1.54, 1.807) is 23.1 Å². The van der Waals surface area contributed by atoms with Gasteiger partial charge in [0.1, 0.15) is 6.33 Å². The highest BCUT2D eigenvalue weighted by Crippen LogP contribution is 2.38. The topological polar surface area (TPSA) is 30.7 Å². The average molecular weight is 316 g/mol. The third-order valence-electron chi connectivity index (χ3n) is 2.47. The Kier molecular flexibility index (Phi) is 3.04. The normalized spacial score (nSPS) is 15.6. The third kappa shape index (κ3) is 2.33. The molecule has 0 amide bonds. The molecule has 0 unspecified atom stereocenters. The Balaban J connectivity index is 1.67. The summed E-state index contributed by atoms with van der Waals surface area (Å²) >= 11 is 6.96. The first-order valence-corrected chi connectivity index (χ1v) is 7.74. The van der Waals surface area contributed by atoms with Gasteiger partial charge in [-0.3, -0.25) is 0 Å². The van der Waals surface area contributed by atoms with E-state index in [-0.39, 0.29) is 0 Å². The number of thioether (sulfide) groups is 1. The molecule has 2 aromatic heterocycles. The van der Waals surface area contributed by atoms with E-state index in [0.29, 0.717) is 6.04 Å². The number of hydrogen-bond acceptors (Lipinski definition) is 4. The SMILES string of the molecule is Brc1cc(CSc2nncn2C2CC2)cs1. The Morgan fingerprint density at radius 3 is 3.12 bits per heavy atom. The first-order valence-electron chi connectivity index (χ1n) is 5.08. The zero-order valence-electron chi connectivity index (χ0n) is 8.47. The summed E-state index contributed by atoms with van der Waals surface area (Å²) in [5.74, 6) is 0.966. The fourth-order valence-electron chi connectivity index (χ4n) is 1.51. The van der Waals surface area contributed by atoms with Gasteiger partial charge in [-0.25, -0.2) is 0 Å². The molecule has 2 heterocycles. The molecule has 0 spiro atoms. The summed E-state index contributed by atoms with van der Waals surface area (Å²) < 4.78 is 3.39. The van der Waals surface area contributed by atoms with E-state index in [2.05, 4.69) is 42.1 Å². The largest absolute Gasteiger partial charge is 0.306 e. The van der Waals surface area contributed by atoms with Crippen molar-refractivity contribution in [3.8, 4) is 0 Å². The van der Waals surface area contributed by atoms with Crippen LogP contribution in [0.25, 0.3) is 0 Å². The zero-order valence-corrected chi connectivity index (χ0v) is 11.7. The number of hydrogen-bond donors (Lipinski definition) is 0. The summed E-state index contributed by atoms with van der Waals surface area (Å²) in [6.45, 7) is 0. The minimum absolute atomic E-state index is 0.659. The number of thiophene rings is 1. The van der Waals surface area contributed by atoms with Crippen LogP contribution in [-0.2, 0) is 5.75 Å². The summed E-state index contributed by atoms with van der Waals surface area (Å²) in [7, 11) is 0. The van der Waals surface area contributed by atoms with Crippen LogP contribution in [0.5, 0.6) is 0 Å². The summed E-state index contributed by atoms with van der Waals surface area (Å²) in [6.07, 6.45) is 4.40. The van der Waals surface area contributed by atoms with Gasteiger partial charge >= 0.3 is 0 Å². The molecule has 3 nitrogen and oxygen atoms in total. The van der Waals surface area contributed by atoms with E-state index >= 15 is 0 Å². The second-order valence-electron chi connectivity index (χ2n) is 3.80. The van der Waals surface area contributed by atoms with Crippen LogP contribution >= 0.6 is 39.0 Å². The Hall–Kier alpha value is -0.330. The van der Waals surface area contributed by atoms with E-state index in [0.717, 1.165) is 10.9 Å². The van der Waals surface area contributed by atoms with Gasteiger partial charge in [-0.15, -0.1) is 21.5 Å². The molecule has 0 aliphatic heterocycles. The molecule has 0 radical (unpaired) electrons. The van der Waals surface area contributed by atoms with Crippen LogP contribution in [0, 0.1) is 0 Å². The number of halogens is 1. The minimum Gasteiger partial charge on any atom is -0.306 e. The molecular formula is C10H10BrN3S2. The van der Waals surface area contributed by atoms with E-state index < -0.39 is 0 Å². The number of aromatic nitrogens is 3. The first-order chi connectivity index (χ1) is 7.83. The molecule has 1 aliphatic carbocycles. The van der Waals surface area contributed by atoms with E-state index in [1.807, 2.05) is 6.33 Å². The van der Waals surface area contributed by atoms with Crippen molar-refractivity contribution in [1.82, 2.24) is 14.8 Å². The van der Waals surface area contributed by atoms with E-state index in [9.17, 15) is 0 Å². The molecule has 0 N–H and O–H groups in total. The van der Waals surface area contributed by atoms with Gasteiger partial charge in [0.2, 0.25) is 0 Å². The van der Waals surface area contributed by atoms with Crippen molar-refractivity contribution in [2.75, 3.05) is 0 Å². The van der Waals surface area contributed by atoms with E-state index in [4.69, 9.17) is 0 Å². The minimum atomic E-state index is 0.659. The lowest BCUT2D eigenvalue weighted by Crippen LogP contribution is -1.94. The van der Waals surface area contributed by atoms with E-state index in [1.165, 1.54) is 22.2 Å². The Bertz CT molecular complexity index is 490. The van der Waals surface area contributed by atoms with Crippen molar-refractivity contribution in [2.24, 2.45) is 0 Å². The second-order valence-corrected chi connectivity index (χ2v) is 7.03. The van der Waals surface area contributed by atoms with Crippen LogP contribution in [0.4, 0.5) is 0 Å². The third-order valence-corrected chi connectivity index (χ3v) is 5.05. The maximum absolute atomic E-state index is 4.17. The summed E-state index contributed by atoms with van der Waals surface area (Å²) in [4.78, 5) is 0. The van der Waals surface area contributed by atoms with Crippen molar-refractivity contribution in [1.29, 1.82) is 0 Å². The van der Waals surface area contributed by atoms with Gasteiger partial charge in [0.15, 0.2) is 5.16 Å². The van der Waals surface area contributed by atoms with Gasteiger partial charge < -0.3 is 4.57 Å². The second kappa shape index (κ2) is 4.50. The molecule has 2 aromatic rings. The van der Waals surface area contributed by atoms with Gasteiger partial charge in [0.05, 0.1) is 3.79 Å². The van der Waals surface area contributed by atoms with Crippen molar-refractivity contribution < 1.29 is 0 Å². The molecule has 1 saturated carbocycles. The van der Waals surface area contributed by atoms with Gasteiger partial charge in [-0.1, -0.05) is 11.8 Å². The molecule has 0 atom stereocenters. The quantitative estimate of drug-likeness (QED) is 0.805. The predicted octanol–water partition coefficient (Wildman–Crippen LogP) is 3.73. The first kappa shape index (κ1) is 10.8. The maximum atomic E-state index is 4.17. The standard InChI is InChI=1S/C10H10BrN3S2/c11-9-3-7(4-15-9)5-16-10-13-12-6-14(10)8-1-2-8/h3-4,6,8H,1-2,5H2. The van der Waals surface area contributed by atoms with Gasteiger partial charge in [0.25, 0.3) is 0 Å². The molecule has 0 bridgehead atoms. The Labute approximate surface area is 110 Å². The molecule has 0 saturated heterocycles. The highest BCUT2D eigenvalue weighted by molar-refractivity contribution is 9.11. The van der Waals surface area contributed by atoms with Crippen LogP contribution < -0.4 is 0 Å². The monoisotopic (exact) mass is 315 g/mol. The summed E-state index contributed by atoms with van der Waals surface area (Å²) in [6, 6.07) is 2.82. The van der Waals surface area contributed by atoms with Crippen LogP contribution in [0.3, 0.4) is 0 Å². The highest BCUT2D eigenvalue weighted by Gasteiger charge is 2.26. The lowest BCUT2D eigenvalue weighted by Gasteiger charge is -2.02. The molecule has 3 rings (SSSR count). The van der Waals surface area contributed by atoms with Crippen LogP contribution in [-0.4, -0.2) is 14.8 Å². The average Bonchev–Trinajstić information content (AvgIpc) is 2.86. The van der Waals surface area contributed by atoms with Crippen LogP contribution in [0.1, 0.15) is 24.4 Å². The van der Waals surface area contributed by atoms with Crippen molar-refractivity contribution in [3.05, 3.63) is 27.1 Å². The summed E-state index contributed by atoms with van der Waals surface area (Å²) in [5.41, 5.74) is 1.34. The van der Waals surface area contributed by atoms with Crippen molar-refractivity contribution >= 4 is 39.0 Å². The molecule has 6 heteroatoms. The predicted molar refractivity (Wildman–Crippen MR) is 69.9 cm³/mol. The highest BCUT2D eigenvalue weighted by atomic mass is 79.9.